The summed E-state index contributed by atoms with van der Waals surface area (Å²) in [5.41, 5.74) is 2.55. The molecule has 1 atom stereocenters. The predicted molar refractivity (Wildman–Crippen MR) is 114 cm³/mol. The Kier molecular flexibility index (Phi) is 9.32. The molecule has 1 heterocycles. The van der Waals surface area contributed by atoms with E-state index in [0.717, 1.165) is 11.1 Å². The Morgan fingerprint density at radius 3 is 2.73 bits per heavy atom. The molecule has 0 saturated carbocycles. The summed E-state index contributed by atoms with van der Waals surface area (Å²) in [6.45, 7) is 6.81. The zero-order chi connectivity index (χ0) is 18.2. The van der Waals surface area contributed by atoms with Crippen molar-refractivity contribution in [1.29, 1.82) is 0 Å². The maximum atomic E-state index is 13.7. The SMILES string of the molecule is CCOc1cc(CNC(=NC)NC(C)c2ccc(C)c(F)c2)ccn1.I. The molecule has 5 nitrogen and oxygen atoms in total. The Morgan fingerprint density at radius 1 is 1.31 bits per heavy atom. The van der Waals surface area contributed by atoms with Crippen LogP contribution in [0, 0.1) is 12.7 Å². The molecule has 1 unspecified atom stereocenters. The summed E-state index contributed by atoms with van der Waals surface area (Å²) in [6, 6.07) is 8.99. The van der Waals surface area contributed by atoms with Gasteiger partial charge < -0.3 is 15.4 Å². The van der Waals surface area contributed by atoms with E-state index in [-0.39, 0.29) is 35.8 Å². The molecule has 2 N–H and O–H groups in total. The largest absolute Gasteiger partial charge is 0.478 e. The van der Waals surface area contributed by atoms with Gasteiger partial charge in [-0.05, 0) is 49.6 Å². The predicted octanol–water partition coefficient (Wildman–Crippen LogP) is 3.97. The monoisotopic (exact) mass is 472 g/mol. The van der Waals surface area contributed by atoms with E-state index in [0.29, 0.717) is 30.6 Å². The van der Waals surface area contributed by atoms with Crippen LogP contribution in [0.4, 0.5) is 4.39 Å². The molecule has 0 bridgehead atoms. The van der Waals surface area contributed by atoms with Crippen LogP contribution in [0.3, 0.4) is 0 Å². The third-order valence-electron chi connectivity index (χ3n) is 3.82. The molecule has 2 aromatic rings. The van der Waals surface area contributed by atoms with Crippen molar-refractivity contribution in [3.63, 3.8) is 0 Å². The summed E-state index contributed by atoms with van der Waals surface area (Å²) >= 11 is 0. The number of aryl methyl sites for hydroxylation is 1. The first-order valence-corrected chi connectivity index (χ1v) is 8.34. The number of halogens is 2. The molecule has 0 radical (unpaired) electrons. The zero-order valence-electron chi connectivity index (χ0n) is 15.5. The highest BCUT2D eigenvalue weighted by Gasteiger charge is 2.10. The van der Waals surface area contributed by atoms with E-state index in [2.05, 4.69) is 20.6 Å². The number of nitrogens with one attached hydrogen (secondary N) is 2. The van der Waals surface area contributed by atoms with E-state index in [9.17, 15) is 4.39 Å². The van der Waals surface area contributed by atoms with Crippen molar-refractivity contribution >= 4 is 29.9 Å². The van der Waals surface area contributed by atoms with Gasteiger partial charge in [0.05, 0.1) is 12.6 Å². The van der Waals surface area contributed by atoms with E-state index in [1.165, 1.54) is 0 Å². The lowest BCUT2D eigenvalue weighted by molar-refractivity contribution is 0.326. The molecular formula is C19H26FIN4O. The van der Waals surface area contributed by atoms with E-state index in [1.807, 2.05) is 32.0 Å². The molecule has 0 saturated heterocycles. The van der Waals surface area contributed by atoms with Crippen LogP contribution in [0.5, 0.6) is 5.88 Å². The summed E-state index contributed by atoms with van der Waals surface area (Å²) in [5.74, 6) is 1.05. The number of ether oxygens (including phenoxy) is 1. The third-order valence-corrected chi connectivity index (χ3v) is 3.82. The molecule has 2 rings (SSSR count). The number of guanidine groups is 1. The van der Waals surface area contributed by atoms with Crippen molar-refractivity contribution < 1.29 is 9.13 Å². The lowest BCUT2D eigenvalue weighted by atomic mass is 10.1. The van der Waals surface area contributed by atoms with Crippen LogP contribution in [0.2, 0.25) is 0 Å². The van der Waals surface area contributed by atoms with E-state index < -0.39 is 0 Å². The summed E-state index contributed by atoms with van der Waals surface area (Å²) in [4.78, 5) is 8.37. The van der Waals surface area contributed by atoms with Gasteiger partial charge in [-0.1, -0.05) is 12.1 Å². The number of nitrogens with zero attached hydrogens (tertiary/aromatic N) is 2. The van der Waals surface area contributed by atoms with Crippen LogP contribution in [-0.4, -0.2) is 24.6 Å². The van der Waals surface area contributed by atoms with Crippen molar-refractivity contribution in [1.82, 2.24) is 15.6 Å². The van der Waals surface area contributed by atoms with E-state index in [1.54, 1.807) is 32.3 Å². The van der Waals surface area contributed by atoms with Gasteiger partial charge in [0.2, 0.25) is 5.88 Å². The molecular weight excluding hydrogens is 446 g/mol. The van der Waals surface area contributed by atoms with Gasteiger partial charge in [-0.25, -0.2) is 9.37 Å². The Labute approximate surface area is 171 Å². The topological polar surface area (TPSA) is 58.5 Å². The minimum atomic E-state index is -0.200. The van der Waals surface area contributed by atoms with Crippen LogP contribution in [0.25, 0.3) is 0 Å². The highest BCUT2D eigenvalue weighted by Crippen LogP contribution is 2.16. The number of pyridine rings is 1. The second kappa shape index (κ2) is 10.9. The van der Waals surface area contributed by atoms with Gasteiger partial charge in [-0.2, -0.15) is 0 Å². The molecule has 0 aliphatic heterocycles. The van der Waals surface area contributed by atoms with Crippen molar-refractivity contribution in [2.75, 3.05) is 13.7 Å². The number of rotatable bonds is 6. The van der Waals surface area contributed by atoms with Gasteiger partial charge >= 0.3 is 0 Å². The third kappa shape index (κ3) is 6.44. The molecule has 0 aliphatic carbocycles. The second-order valence-electron chi connectivity index (χ2n) is 5.74. The van der Waals surface area contributed by atoms with Crippen molar-refractivity contribution in [3.8, 4) is 5.88 Å². The zero-order valence-corrected chi connectivity index (χ0v) is 17.9. The summed E-state index contributed by atoms with van der Waals surface area (Å²) in [5, 5.41) is 6.51. The summed E-state index contributed by atoms with van der Waals surface area (Å²) in [7, 11) is 1.70. The fourth-order valence-electron chi connectivity index (χ4n) is 2.33. The Hall–Kier alpha value is -1.90. The summed E-state index contributed by atoms with van der Waals surface area (Å²) < 4.78 is 19.1. The normalized spacial score (nSPS) is 12.1. The smallest absolute Gasteiger partial charge is 0.213 e. The van der Waals surface area contributed by atoms with Gasteiger partial charge in [-0.15, -0.1) is 24.0 Å². The second-order valence-corrected chi connectivity index (χ2v) is 5.74. The number of hydrogen-bond acceptors (Lipinski definition) is 3. The maximum Gasteiger partial charge on any atom is 0.213 e. The molecule has 0 fully saturated rings. The van der Waals surface area contributed by atoms with Crippen LogP contribution < -0.4 is 15.4 Å². The average molecular weight is 472 g/mol. The van der Waals surface area contributed by atoms with Crippen LogP contribution in [0.1, 0.15) is 36.6 Å². The number of benzene rings is 1. The van der Waals surface area contributed by atoms with Crippen molar-refractivity contribution in [2.45, 2.75) is 33.4 Å². The molecule has 0 aliphatic rings. The fourth-order valence-corrected chi connectivity index (χ4v) is 2.33. The highest BCUT2D eigenvalue weighted by atomic mass is 127. The maximum absolute atomic E-state index is 13.7. The molecule has 0 spiro atoms. The Morgan fingerprint density at radius 2 is 2.08 bits per heavy atom. The molecule has 1 aromatic carbocycles. The first-order valence-electron chi connectivity index (χ1n) is 8.34. The lowest BCUT2D eigenvalue weighted by Gasteiger charge is -2.19. The average Bonchev–Trinajstić information content (AvgIpc) is 2.61. The van der Waals surface area contributed by atoms with Gasteiger partial charge in [0.25, 0.3) is 0 Å². The Balaban J connectivity index is 0.00000338. The summed E-state index contributed by atoms with van der Waals surface area (Å²) in [6.07, 6.45) is 1.72. The quantitative estimate of drug-likeness (QED) is 0.380. The first-order chi connectivity index (χ1) is 12.0. The van der Waals surface area contributed by atoms with E-state index in [4.69, 9.17) is 4.74 Å². The van der Waals surface area contributed by atoms with Gasteiger partial charge in [0, 0.05) is 25.9 Å². The number of hydrogen-bond donors (Lipinski definition) is 2. The molecule has 0 amide bonds. The lowest BCUT2D eigenvalue weighted by Crippen LogP contribution is -2.38. The van der Waals surface area contributed by atoms with Gasteiger partial charge in [0.1, 0.15) is 5.82 Å². The highest BCUT2D eigenvalue weighted by molar-refractivity contribution is 14.0. The Bertz CT molecular complexity index is 739. The number of aromatic nitrogens is 1. The first kappa shape index (κ1) is 22.1. The number of aliphatic imine (C=N–C) groups is 1. The van der Waals surface area contributed by atoms with Gasteiger partial charge in [0.15, 0.2) is 5.96 Å². The molecule has 26 heavy (non-hydrogen) atoms. The van der Waals surface area contributed by atoms with Crippen LogP contribution >= 0.6 is 24.0 Å². The van der Waals surface area contributed by atoms with Crippen LogP contribution in [-0.2, 0) is 6.54 Å². The fraction of sp³-hybridized carbons (Fsp3) is 0.368. The van der Waals surface area contributed by atoms with Gasteiger partial charge in [-0.3, -0.25) is 4.99 Å². The molecule has 1 aromatic heterocycles. The minimum Gasteiger partial charge on any atom is -0.478 e. The standard InChI is InChI=1S/C19H25FN4O.HI/c1-5-25-18-10-15(8-9-22-18)12-23-19(21-4)24-14(3)16-7-6-13(2)17(20)11-16;/h6-11,14H,5,12H2,1-4H3,(H2,21,23,24);1H. The molecule has 142 valence electrons. The van der Waals surface area contributed by atoms with E-state index >= 15 is 0 Å². The van der Waals surface area contributed by atoms with Crippen molar-refractivity contribution in [3.05, 3.63) is 59.0 Å². The minimum absolute atomic E-state index is 0. The van der Waals surface area contributed by atoms with Crippen LogP contribution in [0.15, 0.2) is 41.5 Å². The van der Waals surface area contributed by atoms with Crippen molar-refractivity contribution in [2.24, 2.45) is 4.99 Å². The molecule has 7 heteroatoms.